The maximum Gasteiger partial charge on any atom is 0.230 e. The fourth-order valence-electron chi connectivity index (χ4n) is 1.82. The maximum absolute atomic E-state index is 11.7. The van der Waals surface area contributed by atoms with Gasteiger partial charge in [0, 0.05) is 35.6 Å². The Hall–Kier alpha value is -1.52. The Balaban J connectivity index is 1.61. The van der Waals surface area contributed by atoms with E-state index in [1.165, 1.54) is 0 Å². The number of nitrogens with one attached hydrogen (secondary N) is 1. The molecule has 5 heteroatoms. The van der Waals surface area contributed by atoms with Gasteiger partial charge in [-0.1, -0.05) is 29.8 Å². The molecule has 2 rings (SSSR count). The first-order valence-electron chi connectivity index (χ1n) is 6.73. The molecule has 1 N–H and O–H groups in total. The van der Waals surface area contributed by atoms with Crippen LogP contribution in [-0.4, -0.2) is 23.2 Å². The van der Waals surface area contributed by atoms with E-state index in [0.29, 0.717) is 12.3 Å². The molecule has 1 amide bonds. The predicted octanol–water partition coefficient (Wildman–Crippen LogP) is 3.33. The van der Waals surface area contributed by atoms with Crippen LogP contribution in [0.4, 0.5) is 0 Å². The van der Waals surface area contributed by atoms with Gasteiger partial charge in [0.1, 0.15) is 0 Å². The molecule has 0 aliphatic rings. The molecule has 0 unspecified atom stereocenters. The lowest BCUT2D eigenvalue weighted by atomic mass is 10.2. The van der Waals surface area contributed by atoms with Crippen molar-refractivity contribution in [1.29, 1.82) is 0 Å². The van der Waals surface area contributed by atoms with Crippen LogP contribution in [0.15, 0.2) is 48.7 Å². The summed E-state index contributed by atoms with van der Waals surface area (Å²) < 4.78 is 0. The summed E-state index contributed by atoms with van der Waals surface area (Å²) in [6, 6.07) is 13.5. The van der Waals surface area contributed by atoms with Crippen LogP contribution in [0.5, 0.6) is 0 Å². The van der Waals surface area contributed by atoms with E-state index in [9.17, 15) is 4.79 Å². The van der Waals surface area contributed by atoms with Crippen LogP contribution in [-0.2, 0) is 17.0 Å². The first kappa shape index (κ1) is 15.9. The normalized spacial score (nSPS) is 10.3. The molecule has 21 heavy (non-hydrogen) atoms. The second-order valence-electron chi connectivity index (χ2n) is 4.54. The molecule has 2 aromatic rings. The summed E-state index contributed by atoms with van der Waals surface area (Å²) in [5.74, 6) is 1.29. The third-order valence-electron chi connectivity index (χ3n) is 2.82. The molecule has 1 aromatic carbocycles. The van der Waals surface area contributed by atoms with Gasteiger partial charge in [-0.05, 0) is 29.8 Å². The van der Waals surface area contributed by atoms with Gasteiger partial charge >= 0.3 is 0 Å². The molecular weight excluding hydrogens is 304 g/mol. The minimum atomic E-state index is 0.0537. The summed E-state index contributed by atoms with van der Waals surface area (Å²) in [6.45, 7) is 0.619. The van der Waals surface area contributed by atoms with Crippen molar-refractivity contribution in [3.05, 3.63) is 64.9 Å². The number of thioether (sulfide) groups is 1. The lowest BCUT2D eigenvalue weighted by molar-refractivity contribution is -0.118. The van der Waals surface area contributed by atoms with Crippen LogP contribution in [0.2, 0.25) is 5.02 Å². The number of rotatable bonds is 7. The average molecular weight is 321 g/mol. The Morgan fingerprint density at radius 2 is 2.14 bits per heavy atom. The molecule has 0 saturated heterocycles. The highest BCUT2D eigenvalue weighted by molar-refractivity contribution is 7.99. The van der Waals surface area contributed by atoms with Gasteiger partial charge in [0.15, 0.2) is 0 Å². The van der Waals surface area contributed by atoms with Crippen molar-refractivity contribution in [3.8, 4) is 0 Å². The lowest BCUT2D eigenvalue weighted by Crippen LogP contribution is -2.27. The molecule has 0 saturated carbocycles. The van der Waals surface area contributed by atoms with Crippen molar-refractivity contribution in [3.63, 3.8) is 0 Å². The van der Waals surface area contributed by atoms with Gasteiger partial charge in [-0.15, -0.1) is 11.8 Å². The number of nitrogens with zero attached hydrogens (tertiary/aromatic N) is 1. The smallest absolute Gasteiger partial charge is 0.230 e. The van der Waals surface area contributed by atoms with Gasteiger partial charge in [0.2, 0.25) is 5.91 Å². The highest BCUT2D eigenvalue weighted by Crippen LogP contribution is 2.16. The van der Waals surface area contributed by atoms with E-state index < -0.39 is 0 Å². The number of benzene rings is 1. The molecular formula is C16H17ClN2OS. The van der Waals surface area contributed by atoms with E-state index in [4.69, 9.17) is 11.6 Å². The summed E-state index contributed by atoms with van der Waals surface area (Å²) in [5.41, 5.74) is 2.12. The van der Waals surface area contributed by atoms with Crippen LogP contribution < -0.4 is 5.32 Å². The minimum absolute atomic E-state index is 0.0537. The van der Waals surface area contributed by atoms with Crippen molar-refractivity contribution < 1.29 is 4.79 Å². The monoisotopic (exact) mass is 320 g/mol. The molecule has 3 nitrogen and oxygen atoms in total. The van der Waals surface area contributed by atoms with E-state index in [0.717, 1.165) is 28.5 Å². The zero-order valence-electron chi connectivity index (χ0n) is 11.6. The van der Waals surface area contributed by atoms with Gasteiger partial charge in [-0.2, -0.15) is 0 Å². The van der Waals surface area contributed by atoms with E-state index in [-0.39, 0.29) is 5.91 Å². The molecule has 0 radical (unpaired) electrons. The van der Waals surface area contributed by atoms with Gasteiger partial charge in [-0.25, -0.2) is 0 Å². The van der Waals surface area contributed by atoms with E-state index >= 15 is 0 Å². The molecule has 0 spiro atoms. The van der Waals surface area contributed by atoms with Crippen molar-refractivity contribution in [1.82, 2.24) is 10.3 Å². The van der Waals surface area contributed by atoms with Gasteiger partial charge < -0.3 is 5.32 Å². The summed E-state index contributed by atoms with van der Waals surface area (Å²) >= 11 is 7.50. The first-order chi connectivity index (χ1) is 10.2. The number of hydrogen-bond acceptors (Lipinski definition) is 3. The maximum atomic E-state index is 11.7. The molecule has 0 fully saturated rings. The largest absolute Gasteiger partial charge is 0.355 e. The molecule has 1 heterocycles. The molecule has 110 valence electrons. The van der Waals surface area contributed by atoms with Crippen molar-refractivity contribution in [2.45, 2.75) is 12.2 Å². The Morgan fingerprint density at radius 1 is 1.24 bits per heavy atom. The Kier molecular flexibility index (Phi) is 6.57. The van der Waals surface area contributed by atoms with E-state index in [2.05, 4.69) is 10.3 Å². The number of carbonyl (C=O) groups excluding carboxylic acids is 1. The fraction of sp³-hybridized carbons (Fsp3) is 0.250. The Bertz CT molecular complexity index is 577. The predicted molar refractivity (Wildman–Crippen MR) is 88.6 cm³/mol. The van der Waals surface area contributed by atoms with Gasteiger partial charge in [-0.3, -0.25) is 9.78 Å². The zero-order chi connectivity index (χ0) is 14.9. The van der Waals surface area contributed by atoms with Crippen LogP contribution in [0.3, 0.4) is 0 Å². The summed E-state index contributed by atoms with van der Waals surface area (Å²) in [4.78, 5) is 15.9. The zero-order valence-corrected chi connectivity index (χ0v) is 13.2. The summed E-state index contributed by atoms with van der Waals surface area (Å²) in [6.07, 6.45) is 2.52. The number of amides is 1. The summed E-state index contributed by atoms with van der Waals surface area (Å²) in [5, 5.41) is 3.63. The van der Waals surface area contributed by atoms with Crippen LogP contribution in [0.25, 0.3) is 0 Å². The van der Waals surface area contributed by atoms with E-state index in [1.54, 1.807) is 18.0 Å². The second kappa shape index (κ2) is 8.70. The van der Waals surface area contributed by atoms with Crippen LogP contribution in [0.1, 0.15) is 11.3 Å². The quantitative estimate of drug-likeness (QED) is 0.851. The lowest BCUT2D eigenvalue weighted by Gasteiger charge is -2.05. The first-order valence-corrected chi connectivity index (χ1v) is 8.26. The van der Waals surface area contributed by atoms with Gasteiger partial charge in [0.25, 0.3) is 0 Å². The topological polar surface area (TPSA) is 42.0 Å². The van der Waals surface area contributed by atoms with Crippen LogP contribution >= 0.6 is 23.4 Å². The number of halogens is 1. The second-order valence-corrected chi connectivity index (χ2v) is 5.97. The minimum Gasteiger partial charge on any atom is -0.355 e. The SMILES string of the molecule is O=C(CSCc1cccc(Cl)c1)NCCc1ccccn1. The molecule has 0 bridgehead atoms. The Labute approximate surface area is 134 Å². The van der Waals surface area contributed by atoms with Crippen molar-refractivity contribution >= 4 is 29.3 Å². The Morgan fingerprint density at radius 3 is 2.90 bits per heavy atom. The summed E-state index contributed by atoms with van der Waals surface area (Å²) in [7, 11) is 0. The molecule has 0 aliphatic heterocycles. The van der Waals surface area contributed by atoms with Crippen molar-refractivity contribution in [2.24, 2.45) is 0 Å². The highest BCUT2D eigenvalue weighted by atomic mass is 35.5. The van der Waals surface area contributed by atoms with Gasteiger partial charge in [0.05, 0.1) is 5.75 Å². The third kappa shape index (κ3) is 6.19. The van der Waals surface area contributed by atoms with E-state index in [1.807, 2.05) is 42.5 Å². The standard InChI is InChI=1S/C16H17ClN2OS/c17-14-5-3-4-13(10-14)11-21-12-16(20)19-9-7-15-6-1-2-8-18-15/h1-6,8,10H,7,9,11-12H2,(H,19,20). The molecule has 0 aliphatic carbocycles. The molecule has 1 aromatic heterocycles. The third-order valence-corrected chi connectivity index (χ3v) is 4.06. The number of pyridine rings is 1. The van der Waals surface area contributed by atoms with Crippen molar-refractivity contribution in [2.75, 3.05) is 12.3 Å². The number of aromatic nitrogens is 1. The average Bonchev–Trinajstić information content (AvgIpc) is 2.48. The number of carbonyl (C=O) groups is 1. The number of hydrogen-bond donors (Lipinski definition) is 1. The van der Waals surface area contributed by atoms with Crippen LogP contribution in [0, 0.1) is 0 Å². The highest BCUT2D eigenvalue weighted by Gasteiger charge is 2.02. The molecule has 0 atom stereocenters. The fourth-order valence-corrected chi connectivity index (χ4v) is 2.83.